The highest BCUT2D eigenvalue weighted by Gasteiger charge is 2.36. The van der Waals surface area contributed by atoms with Crippen LogP contribution < -0.4 is 9.64 Å². The van der Waals surface area contributed by atoms with Gasteiger partial charge < -0.3 is 4.74 Å². The Balaban J connectivity index is 1.84. The van der Waals surface area contributed by atoms with Crippen LogP contribution >= 0.6 is 0 Å². The molecule has 7 heteroatoms. The number of halogens is 3. The summed E-state index contributed by atoms with van der Waals surface area (Å²) in [5, 5.41) is 0. The molecule has 0 amide bonds. The molecule has 0 N–H and O–H groups in total. The Morgan fingerprint density at radius 2 is 1.48 bits per heavy atom. The zero-order chi connectivity index (χ0) is 19.7. The van der Waals surface area contributed by atoms with Gasteiger partial charge in [0, 0.05) is 25.0 Å². The summed E-state index contributed by atoms with van der Waals surface area (Å²) in [5.74, 6) is 0.395. The second-order valence-corrected chi connectivity index (χ2v) is 6.44. The maximum atomic E-state index is 12.6. The van der Waals surface area contributed by atoms with Gasteiger partial charge in [0.05, 0.1) is 6.61 Å². The zero-order valence-corrected chi connectivity index (χ0v) is 15.8. The van der Waals surface area contributed by atoms with Crippen molar-refractivity contribution < 1.29 is 17.9 Å². The highest BCUT2D eigenvalue weighted by molar-refractivity contribution is 5.62. The minimum atomic E-state index is -4.50. The van der Waals surface area contributed by atoms with Crippen molar-refractivity contribution in [2.24, 2.45) is 0 Å². The number of benzene rings is 1. The summed E-state index contributed by atoms with van der Waals surface area (Å²) in [6, 6.07) is 7.40. The van der Waals surface area contributed by atoms with E-state index in [0.29, 0.717) is 12.2 Å². The molecule has 0 saturated carbocycles. The Bertz CT molecular complexity index is 672. The lowest BCUT2D eigenvalue weighted by molar-refractivity contribution is -0.126. The van der Waals surface area contributed by atoms with Crippen molar-refractivity contribution in [3.8, 4) is 16.9 Å². The van der Waals surface area contributed by atoms with E-state index in [1.54, 1.807) is 0 Å². The predicted octanol–water partition coefficient (Wildman–Crippen LogP) is 5.84. The van der Waals surface area contributed by atoms with Gasteiger partial charge in [0.1, 0.15) is 5.75 Å². The zero-order valence-electron chi connectivity index (χ0n) is 15.8. The number of nitrogens with zero attached hydrogens (tertiary/aromatic N) is 3. The molecule has 2 aromatic rings. The molecule has 1 aromatic carbocycles. The van der Waals surface area contributed by atoms with Crippen LogP contribution in [0.25, 0.3) is 11.1 Å². The molecule has 0 aliphatic heterocycles. The average Bonchev–Trinajstić information content (AvgIpc) is 2.67. The van der Waals surface area contributed by atoms with Gasteiger partial charge in [-0.25, -0.2) is 9.97 Å². The van der Waals surface area contributed by atoms with Crippen LogP contribution in [0.3, 0.4) is 0 Å². The number of aromatic nitrogens is 2. The number of alkyl halides is 3. The molecule has 0 aliphatic carbocycles. The normalized spacial score (nSPS) is 11.4. The molecule has 2 rings (SSSR count). The molecule has 0 saturated heterocycles. The maximum absolute atomic E-state index is 12.6. The Morgan fingerprint density at radius 3 is 2.07 bits per heavy atom. The number of anilines is 1. The summed E-state index contributed by atoms with van der Waals surface area (Å²) in [6.45, 7) is 2.89. The van der Waals surface area contributed by atoms with Gasteiger partial charge in [0.25, 0.3) is 0 Å². The molecule has 148 valence electrons. The van der Waals surface area contributed by atoms with Crippen LogP contribution in [0.1, 0.15) is 45.4 Å². The molecule has 1 heterocycles. The summed E-state index contributed by atoms with van der Waals surface area (Å²) in [6.07, 6.45) is 5.54. The fourth-order valence-corrected chi connectivity index (χ4v) is 2.57. The molecule has 4 nitrogen and oxygen atoms in total. The van der Waals surface area contributed by atoms with E-state index in [1.807, 2.05) is 24.3 Å². The van der Waals surface area contributed by atoms with Gasteiger partial charge in [-0.15, -0.1) is 13.2 Å². The van der Waals surface area contributed by atoms with Crippen LogP contribution in [-0.4, -0.2) is 29.9 Å². The smallest absolute Gasteiger partial charge is 0.487 e. The van der Waals surface area contributed by atoms with E-state index in [2.05, 4.69) is 16.9 Å². The summed E-state index contributed by atoms with van der Waals surface area (Å²) < 4.78 is 43.6. The van der Waals surface area contributed by atoms with E-state index in [9.17, 15) is 13.2 Å². The fourth-order valence-electron chi connectivity index (χ4n) is 2.57. The number of rotatable bonds is 10. The molecule has 0 atom stereocenters. The van der Waals surface area contributed by atoms with Gasteiger partial charge in [-0.05, 0) is 24.1 Å². The molecule has 0 unspecified atom stereocenters. The second-order valence-electron chi connectivity index (χ2n) is 6.44. The van der Waals surface area contributed by atoms with Crippen LogP contribution in [0.4, 0.5) is 19.1 Å². The molecular weight excluding hydrogens is 355 g/mol. The first kappa shape index (κ1) is 21.0. The number of ether oxygens (including phenoxy) is 1. The Kier molecular flexibility index (Phi) is 7.88. The van der Waals surface area contributed by atoms with Crippen LogP contribution in [0.15, 0.2) is 36.7 Å². The van der Waals surface area contributed by atoms with Crippen LogP contribution in [-0.2, 0) is 0 Å². The van der Waals surface area contributed by atoms with E-state index < -0.39 is 6.30 Å². The van der Waals surface area contributed by atoms with E-state index in [-0.39, 0.29) is 10.8 Å². The van der Waals surface area contributed by atoms with Crippen LogP contribution in [0.5, 0.6) is 5.75 Å². The van der Waals surface area contributed by atoms with Gasteiger partial charge in [-0.3, -0.25) is 4.90 Å². The standard InChI is InChI=1S/C20H26F3N3O/c1-3-4-5-6-7-8-13-27-18-11-9-16(10-12-18)17-14-24-19(25-15-17)26(2)20(21,22)23/h9-12,14-15H,3-8,13H2,1-2H3. The van der Waals surface area contributed by atoms with Crippen molar-refractivity contribution >= 4 is 5.95 Å². The van der Waals surface area contributed by atoms with Crippen molar-refractivity contribution in [2.45, 2.75) is 51.7 Å². The van der Waals surface area contributed by atoms with E-state index in [4.69, 9.17) is 4.74 Å². The summed E-state index contributed by atoms with van der Waals surface area (Å²) in [5.41, 5.74) is 1.47. The topological polar surface area (TPSA) is 38.2 Å². The first-order valence-electron chi connectivity index (χ1n) is 9.27. The number of hydrogen-bond acceptors (Lipinski definition) is 4. The quantitative estimate of drug-likeness (QED) is 0.383. The third-order valence-corrected chi connectivity index (χ3v) is 4.27. The lowest BCUT2D eigenvalue weighted by atomic mass is 10.1. The Labute approximate surface area is 158 Å². The van der Waals surface area contributed by atoms with Crippen molar-refractivity contribution in [1.82, 2.24) is 9.97 Å². The first-order valence-corrected chi connectivity index (χ1v) is 9.27. The number of unbranched alkanes of at least 4 members (excludes halogenated alkanes) is 5. The Morgan fingerprint density at radius 1 is 0.889 bits per heavy atom. The summed E-state index contributed by atoms with van der Waals surface area (Å²) in [7, 11) is 0.894. The highest BCUT2D eigenvalue weighted by Crippen LogP contribution is 2.26. The largest absolute Gasteiger partial charge is 0.494 e. The van der Waals surface area contributed by atoms with Crippen molar-refractivity contribution in [3.63, 3.8) is 0 Å². The maximum Gasteiger partial charge on any atom is 0.487 e. The minimum Gasteiger partial charge on any atom is -0.494 e. The van der Waals surface area contributed by atoms with Gasteiger partial charge in [0.2, 0.25) is 5.95 Å². The number of hydrogen-bond donors (Lipinski definition) is 0. The highest BCUT2D eigenvalue weighted by atomic mass is 19.4. The molecular formula is C20H26F3N3O. The van der Waals surface area contributed by atoms with Gasteiger partial charge in [-0.2, -0.15) is 0 Å². The monoisotopic (exact) mass is 381 g/mol. The second kappa shape index (κ2) is 10.1. The summed E-state index contributed by atoms with van der Waals surface area (Å²) >= 11 is 0. The van der Waals surface area contributed by atoms with E-state index in [0.717, 1.165) is 24.8 Å². The fraction of sp³-hybridized carbons (Fsp3) is 0.500. The molecule has 0 fully saturated rings. The predicted molar refractivity (Wildman–Crippen MR) is 101 cm³/mol. The minimum absolute atomic E-state index is 0.0793. The average molecular weight is 381 g/mol. The van der Waals surface area contributed by atoms with Crippen LogP contribution in [0, 0.1) is 0 Å². The molecule has 0 spiro atoms. The van der Waals surface area contributed by atoms with Gasteiger partial charge in [-0.1, -0.05) is 51.2 Å². The molecule has 1 aromatic heterocycles. The van der Waals surface area contributed by atoms with Crippen molar-refractivity contribution in [1.29, 1.82) is 0 Å². The van der Waals surface area contributed by atoms with Gasteiger partial charge >= 0.3 is 6.30 Å². The van der Waals surface area contributed by atoms with E-state index >= 15 is 0 Å². The lowest BCUT2D eigenvalue weighted by Crippen LogP contribution is -2.35. The third kappa shape index (κ3) is 6.73. The lowest BCUT2D eigenvalue weighted by Gasteiger charge is -2.19. The molecule has 0 radical (unpaired) electrons. The van der Waals surface area contributed by atoms with E-state index in [1.165, 1.54) is 44.5 Å². The van der Waals surface area contributed by atoms with Crippen molar-refractivity contribution in [2.75, 3.05) is 18.6 Å². The molecule has 0 bridgehead atoms. The van der Waals surface area contributed by atoms with Crippen molar-refractivity contribution in [3.05, 3.63) is 36.7 Å². The Hall–Kier alpha value is -2.31. The van der Waals surface area contributed by atoms with Crippen LogP contribution in [0.2, 0.25) is 0 Å². The third-order valence-electron chi connectivity index (χ3n) is 4.27. The summed E-state index contributed by atoms with van der Waals surface area (Å²) in [4.78, 5) is 7.68. The molecule has 0 aliphatic rings. The van der Waals surface area contributed by atoms with Gasteiger partial charge in [0.15, 0.2) is 0 Å². The SMILES string of the molecule is CCCCCCCCOc1ccc(-c2cnc(N(C)C(F)(F)F)nc2)cc1. The molecule has 27 heavy (non-hydrogen) atoms. The first-order chi connectivity index (χ1) is 12.9.